The van der Waals surface area contributed by atoms with Crippen LogP contribution in [0.25, 0.3) is 11.2 Å². The summed E-state index contributed by atoms with van der Waals surface area (Å²) < 4.78 is 6.71. The van der Waals surface area contributed by atoms with Gasteiger partial charge in [-0.25, -0.2) is 9.97 Å². The second kappa shape index (κ2) is 8.68. The molecule has 3 aromatic rings. The Bertz CT molecular complexity index is 1230. The van der Waals surface area contributed by atoms with Crippen molar-refractivity contribution in [1.29, 1.82) is 0 Å². The molecular formula is C23H26N6O4. The molecule has 5 rings (SSSR count). The maximum absolute atomic E-state index is 13.3. The van der Waals surface area contributed by atoms with Gasteiger partial charge in [-0.15, -0.1) is 0 Å². The maximum Gasteiger partial charge on any atom is 0.294 e. The van der Waals surface area contributed by atoms with Gasteiger partial charge in [-0.2, -0.15) is 0 Å². The number of aryl methyl sites for hydroxylation is 1. The fraction of sp³-hybridized carbons (Fsp3) is 0.435. The lowest BCUT2D eigenvalue weighted by molar-refractivity contribution is -0.137. The van der Waals surface area contributed by atoms with Gasteiger partial charge in [-0.1, -0.05) is 0 Å². The molecule has 0 N–H and O–H groups in total. The molecule has 10 heteroatoms. The van der Waals surface area contributed by atoms with E-state index >= 15 is 0 Å². The van der Waals surface area contributed by atoms with Gasteiger partial charge >= 0.3 is 0 Å². The summed E-state index contributed by atoms with van der Waals surface area (Å²) in [4.78, 5) is 53.0. The molecule has 10 nitrogen and oxygen atoms in total. The van der Waals surface area contributed by atoms with Gasteiger partial charge in [0.2, 0.25) is 5.91 Å². The number of hydrogen-bond donors (Lipinski definition) is 0. The van der Waals surface area contributed by atoms with Crippen LogP contribution >= 0.6 is 0 Å². The first-order valence-electron chi connectivity index (χ1n) is 11.2. The summed E-state index contributed by atoms with van der Waals surface area (Å²) in [5.41, 5.74) is 0.984. The van der Waals surface area contributed by atoms with Crippen LogP contribution in [0.15, 0.2) is 45.9 Å². The second-order valence-electron chi connectivity index (χ2n) is 8.53. The molecule has 0 aliphatic carbocycles. The van der Waals surface area contributed by atoms with Crippen LogP contribution < -0.4 is 10.5 Å². The van der Waals surface area contributed by atoms with E-state index in [1.807, 2.05) is 15.9 Å². The lowest BCUT2D eigenvalue weighted by atomic mass is 9.96. The van der Waals surface area contributed by atoms with E-state index in [4.69, 9.17) is 4.42 Å². The third-order valence-corrected chi connectivity index (χ3v) is 6.49. The van der Waals surface area contributed by atoms with E-state index < -0.39 is 0 Å². The minimum Gasteiger partial charge on any atom is -0.459 e. The van der Waals surface area contributed by atoms with E-state index in [9.17, 15) is 14.4 Å². The van der Waals surface area contributed by atoms with E-state index in [0.717, 1.165) is 12.8 Å². The summed E-state index contributed by atoms with van der Waals surface area (Å²) in [6, 6.07) is 6.97. The van der Waals surface area contributed by atoms with Crippen LogP contribution in [0.1, 0.15) is 23.4 Å². The Balaban J connectivity index is 1.26. The Morgan fingerprint density at radius 2 is 1.85 bits per heavy atom. The number of piperazine rings is 1. The highest BCUT2D eigenvalue weighted by atomic mass is 16.3. The van der Waals surface area contributed by atoms with Crippen molar-refractivity contribution in [2.45, 2.75) is 12.8 Å². The van der Waals surface area contributed by atoms with Crippen molar-refractivity contribution in [3.8, 4) is 0 Å². The first-order valence-corrected chi connectivity index (χ1v) is 11.2. The van der Waals surface area contributed by atoms with Crippen molar-refractivity contribution < 1.29 is 14.0 Å². The molecule has 0 bridgehead atoms. The summed E-state index contributed by atoms with van der Waals surface area (Å²) >= 11 is 0. The molecule has 0 saturated carbocycles. The summed E-state index contributed by atoms with van der Waals surface area (Å²) in [7, 11) is 1.69. The first-order chi connectivity index (χ1) is 16.0. The molecule has 3 aromatic heterocycles. The van der Waals surface area contributed by atoms with Gasteiger partial charge in [0.25, 0.3) is 11.5 Å². The van der Waals surface area contributed by atoms with Gasteiger partial charge in [0, 0.05) is 52.5 Å². The molecule has 0 aromatic carbocycles. The topological polar surface area (TPSA) is 105 Å². The highest BCUT2D eigenvalue weighted by Crippen LogP contribution is 2.23. The SMILES string of the molecule is Cn1c(=O)c(N2CCC[C@@H](C(=O)N3CCN(C(=O)c4ccco4)CC3)C2)nc2cccnc21. The summed E-state index contributed by atoms with van der Waals surface area (Å²) in [6.45, 7) is 3.07. The van der Waals surface area contributed by atoms with Gasteiger partial charge < -0.3 is 19.1 Å². The molecule has 0 spiro atoms. The summed E-state index contributed by atoms with van der Waals surface area (Å²) in [5.74, 6) is 0.400. The lowest BCUT2D eigenvalue weighted by Crippen LogP contribution is -2.54. The van der Waals surface area contributed by atoms with Crippen molar-refractivity contribution >= 4 is 28.8 Å². The van der Waals surface area contributed by atoms with E-state index in [-0.39, 0.29) is 23.3 Å². The fourth-order valence-corrected chi connectivity index (χ4v) is 4.66. The minimum atomic E-state index is -0.209. The largest absolute Gasteiger partial charge is 0.459 e. The highest BCUT2D eigenvalue weighted by molar-refractivity contribution is 5.91. The van der Waals surface area contributed by atoms with Crippen LogP contribution in [0.4, 0.5) is 5.82 Å². The molecule has 1 atom stereocenters. The Kier molecular flexibility index (Phi) is 5.57. The molecule has 2 saturated heterocycles. The molecule has 172 valence electrons. The van der Waals surface area contributed by atoms with Gasteiger partial charge in [0.05, 0.1) is 12.2 Å². The van der Waals surface area contributed by atoms with Crippen molar-refractivity contribution in [3.05, 3.63) is 52.8 Å². The third-order valence-electron chi connectivity index (χ3n) is 6.49. The van der Waals surface area contributed by atoms with E-state index in [1.54, 1.807) is 36.3 Å². The molecule has 2 fully saturated rings. The van der Waals surface area contributed by atoms with Crippen molar-refractivity contribution in [2.75, 3.05) is 44.2 Å². The Morgan fingerprint density at radius 1 is 1.06 bits per heavy atom. The Morgan fingerprint density at radius 3 is 2.61 bits per heavy atom. The third kappa shape index (κ3) is 3.96. The molecule has 33 heavy (non-hydrogen) atoms. The number of hydrogen-bond acceptors (Lipinski definition) is 7. The van der Waals surface area contributed by atoms with Crippen molar-refractivity contribution in [1.82, 2.24) is 24.3 Å². The van der Waals surface area contributed by atoms with Crippen LogP contribution in [0.2, 0.25) is 0 Å². The normalized spacial score (nSPS) is 19.2. The van der Waals surface area contributed by atoms with E-state index in [1.165, 1.54) is 10.8 Å². The fourth-order valence-electron chi connectivity index (χ4n) is 4.66. The molecule has 2 aliphatic rings. The smallest absolute Gasteiger partial charge is 0.294 e. The van der Waals surface area contributed by atoms with E-state index in [2.05, 4.69) is 9.97 Å². The zero-order valence-electron chi connectivity index (χ0n) is 18.5. The van der Waals surface area contributed by atoms with Crippen LogP contribution in [0.5, 0.6) is 0 Å². The number of amides is 2. The van der Waals surface area contributed by atoms with E-state index in [0.29, 0.717) is 62.0 Å². The van der Waals surface area contributed by atoms with Crippen molar-refractivity contribution in [3.63, 3.8) is 0 Å². The highest BCUT2D eigenvalue weighted by Gasteiger charge is 2.33. The van der Waals surface area contributed by atoms with Crippen LogP contribution in [0, 0.1) is 5.92 Å². The molecule has 2 amide bonds. The maximum atomic E-state index is 13.3. The van der Waals surface area contributed by atoms with Crippen LogP contribution in [-0.2, 0) is 11.8 Å². The number of carbonyl (C=O) groups excluding carboxylic acids is 2. The molecule has 0 radical (unpaired) electrons. The number of furan rings is 1. The van der Waals surface area contributed by atoms with Crippen LogP contribution in [0.3, 0.4) is 0 Å². The standard InChI is InChI=1S/C23H26N6O4/c1-26-19-17(6-2-8-24-19)25-20(23(26)32)29-9-3-5-16(15-29)21(30)27-10-12-28(13-11-27)22(31)18-7-4-14-33-18/h2,4,6-8,14,16H,3,5,9-13,15H2,1H3/t16-/m1/s1. The average Bonchev–Trinajstić information content (AvgIpc) is 3.41. The zero-order chi connectivity index (χ0) is 22.9. The number of piperidine rings is 1. The monoisotopic (exact) mass is 450 g/mol. The number of anilines is 1. The number of aromatic nitrogens is 3. The molecule has 5 heterocycles. The Labute approximate surface area is 190 Å². The lowest BCUT2D eigenvalue weighted by Gasteiger charge is -2.39. The predicted molar refractivity (Wildman–Crippen MR) is 121 cm³/mol. The second-order valence-corrected chi connectivity index (χ2v) is 8.53. The van der Waals surface area contributed by atoms with Gasteiger partial charge in [0.15, 0.2) is 17.2 Å². The number of nitrogens with zero attached hydrogens (tertiary/aromatic N) is 6. The van der Waals surface area contributed by atoms with Gasteiger partial charge in [0.1, 0.15) is 5.52 Å². The minimum absolute atomic E-state index is 0.0732. The van der Waals surface area contributed by atoms with Crippen molar-refractivity contribution in [2.24, 2.45) is 13.0 Å². The van der Waals surface area contributed by atoms with Gasteiger partial charge in [-0.05, 0) is 37.1 Å². The first kappa shape index (κ1) is 21.2. The summed E-state index contributed by atoms with van der Waals surface area (Å²) in [5, 5.41) is 0. The quantitative estimate of drug-likeness (QED) is 0.589. The number of carbonyl (C=O) groups is 2. The number of fused-ring (bicyclic) bond motifs is 1. The van der Waals surface area contributed by atoms with Gasteiger partial charge in [-0.3, -0.25) is 19.0 Å². The predicted octanol–water partition coefficient (Wildman–Crippen LogP) is 1.12. The Hall–Kier alpha value is -3.69. The number of pyridine rings is 1. The zero-order valence-corrected chi connectivity index (χ0v) is 18.5. The summed E-state index contributed by atoms with van der Waals surface area (Å²) in [6.07, 6.45) is 4.70. The average molecular weight is 450 g/mol. The molecule has 0 unspecified atom stereocenters. The number of rotatable bonds is 3. The molecular weight excluding hydrogens is 424 g/mol. The molecule has 2 aliphatic heterocycles. The van der Waals surface area contributed by atoms with Crippen LogP contribution in [-0.4, -0.2) is 75.4 Å².